The summed E-state index contributed by atoms with van der Waals surface area (Å²) in [7, 11) is -6.85. The number of hydrogen-bond acceptors (Lipinski definition) is 7. The SMILES string of the molecule is COc1ccc(Cl)cc1S(=O)(=O)N1CCS(=O)(=O)c2ccc(C(=O)Nc3ccc(C(=O)O)cc3)cc21. The summed E-state index contributed by atoms with van der Waals surface area (Å²) in [4.78, 5) is 23.4. The quantitative estimate of drug-likeness (QED) is 0.475. The molecular weight excluding hydrogens is 532 g/mol. The van der Waals surface area contributed by atoms with Gasteiger partial charge < -0.3 is 15.2 Å². The molecule has 0 aliphatic carbocycles. The average molecular weight is 551 g/mol. The number of sulfone groups is 1. The molecule has 36 heavy (non-hydrogen) atoms. The van der Waals surface area contributed by atoms with Crippen LogP contribution in [0.5, 0.6) is 5.75 Å². The minimum Gasteiger partial charge on any atom is -0.495 e. The number of benzene rings is 3. The number of anilines is 2. The Bertz CT molecular complexity index is 1590. The number of methoxy groups -OCH3 is 1. The van der Waals surface area contributed by atoms with E-state index in [1.54, 1.807) is 0 Å². The summed E-state index contributed by atoms with van der Waals surface area (Å²) in [5, 5.41) is 11.7. The molecule has 0 unspecified atom stereocenters. The van der Waals surface area contributed by atoms with Gasteiger partial charge in [0.05, 0.1) is 29.0 Å². The lowest BCUT2D eigenvalue weighted by molar-refractivity contribution is 0.0696. The number of nitrogens with one attached hydrogen (secondary N) is 1. The van der Waals surface area contributed by atoms with E-state index in [0.717, 1.165) is 4.31 Å². The fraction of sp³-hybridized carbons (Fsp3) is 0.130. The zero-order valence-corrected chi connectivity index (χ0v) is 21.0. The van der Waals surface area contributed by atoms with Gasteiger partial charge in [0, 0.05) is 22.8 Å². The molecule has 10 nitrogen and oxygen atoms in total. The van der Waals surface area contributed by atoms with Crippen LogP contribution in [0.1, 0.15) is 20.7 Å². The van der Waals surface area contributed by atoms with Crippen LogP contribution in [-0.2, 0) is 19.9 Å². The first kappa shape index (κ1) is 25.5. The summed E-state index contributed by atoms with van der Waals surface area (Å²) in [6.45, 7) is -0.380. The van der Waals surface area contributed by atoms with Gasteiger partial charge in [0.25, 0.3) is 15.9 Å². The molecule has 0 fully saturated rings. The van der Waals surface area contributed by atoms with Crippen molar-refractivity contribution in [1.82, 2.24) is 0 Å². The molecule has 1 aliphatic heterocycles. The monoisotopic (exact) mass is 550 g/mol. The molecule has 0 saturated heterocycles. The molecule has 2 N–H and O–H groups in total. The van der Waals surface area contributed by atoms with Gasteiger partial charge >= 0.3 is 5.97 Å². The largest absolute Gasteiger partial charge is 0.495 e. The van der Waals surface area contributed by atoms with Crippen LogP contribution in [0.3, 0.4) is 0 Å². The number of nitrogens with zero attached hydrogens (tertiary/aromatic N) is 1. The van der Waals surface area contributed by atoms with Gasteiger partial charge in [-0.25, -0.2) is 21.6 Å². The molecule has 188 valence electrons. The van der Waals surface area contributed by atoms with Gasteiger partial charge in [0.2, 0.25) is 0 Å². The number of halogens is 1. The highest BCUT2D eigenvalue weighted by molar-refractivity contribution is 7.94. The predicted molar refractivity (Wildman–Crippen MR) is 132 cm³/mol. The molecule has 0 saturated carbocycles. The fourth-order valence-corrected chi connectivity index (χ4v) is 7.15. The molecule has 3 aromatic carbocycles. The number of aromatic carboxylic acids is 1. The minimum absolute atomic E-state index is 0.00794. The normalized spacial score (nSPS) is 14.6. The van der Waals surface area contributed by atoms with Crippen molar-refractivity contribution < 1.29 is 36.3 Å². The lowest BCUT2D eigenvalue weighted by atomic mass is 10.1. The average Bonchev–Trinajstić information content (AvgIpc) is 2.83. The number of hydrogen-bond donors (Lipinski definition) is 2. The van der Waals surface area contributed by atoms with E-state index in [9.17, 15) is 26.4 Å². The third kappa shape index (κ3) is 4.74. The van der Waals surface area contributed by atoms with E-state index in [-0.39, 0.29) is 43.9 Å². The van der Waals surface area contributed by atoms with E-state index >= 15 is 0 Å². The highest BCUT2D eigenvalue weighted by atomic mass is 35.5. The van der Waals surface area contributed by atoms with Crippen molar-refractivity contribution in [1.29, 1.82) is 0 Å². The van der Waals surface area contributed by atoms with E-state index in [4.69, 9.17) is 21.4 Å². The Hall–Kier alpha value is -3.61. The molecule has 4 rings (SSSR count). The Morgan fingerprint density at radius 2 is 1.69 bits per heavy atom. The van der Waals surface area contributed by atoms with Crippen molar-refractivity contribution >= 4 is 54.7 Å². The van der Waals surface area contributed by atoms with E-state index in [2.05, 4.69) is 5.32 Å². The summed E-state index contributed by atoms with van der Waals surface area (Å²) in [5.74, 6) is -2.21. The zero-order chi connectivity index (χ0) is 26.3. The van der Waals surface area contributed by atoms with Crippen molar-refractivity contribution in [2.24, 2.45) is 0 Å². The summed E-state index contributed by atoms with van der Waals surface area (Å²) in [6.07, 6.45) is 0. The highest BCUT2D eigenvalue weighted by Gasteiger charge is 2.37. The lowest BCUT2D eigenvalue weighted by Crippen LogP contribution is -2.40. The summed E-state index contributed by atoms with van der Waals surface area (Å²) >= 11 is 6.02. The van der Waals surface area contributed by atoms with Crippen molar-refractivity contribution in [2.75, 3.05) is 29.0 Å². The van der Waals surface area contributed by atoms with Crippen LogP contribution in [0.25, 0.3) is 0 Å². The number of carboxylic acids is 1. The first-order chi connectivity index (χ1) is 16.9. The molecule has 13 heteroatoms. The maximum absolute atomic E-state index is 13.6. The van der Waals surface area contributed by atoms with Gasteiger partial charge in [-0.3, -0.25) is 9.10 Å². The standard InChI is InChI=1S/C23H19ClN2O8S2/c1-34-19-8-5-16(24)13-21(19)36(32,33)26-10-11-35(30,31)20-9-4-15(12-18(20)26)22(27)25-17-6-2-14(3-7-17)23(28)29/h2-9,12-13H,10-11H2,1H3,(H,25,27)(H,28,29). The maximum atomic E-state index is 13.6. The smallest absolute Gasteiger partial charge is 0.335 e. The molecule has 1 amide bonds. The molecule has 3 aromatic rings. The zero-order valence-electron chi connectivity index (χ0n) is 18.6. The molecule has 0 radical (unpaired) electrons. The van der Waals surface area contributed by atoms with Crippen molar-refractivity contribution in [3.05, 3.63) is 76.8 Å². The first-order valence-corrected chi connectivity index (χ1v) is 13.8. The number of carbonyl (C=O) groups is 2. The summed E-state index contributed by atoms with van der Waals surface area (Å²) < 4.78 is 58.7. The van der Waals surface area contributed by atoms with E-state index in [1.165, 1.54) is 67.8 Å². The van der Waals surface area contributed by atoms with Crippen molar-refractivity contribution in [3.63, 3.8) is 0 Å². The molecule has 1 heterocycles. The van der Waals surface area contributed by atoms with Gasteiger partial charge in [-0.1, -0.05) is 11.6 Å². The fourth-order valence-electron chi connectivity index (χ4n) is 3.67. The van der Waals surface area contributed by atoms with Gasteiger partial charge in [-0.2, -0.15) is 0 Å². The Morgan fingerprint density at radius 1 is 1.03 bits per heavy atom. The van der Waals surface area contributed by atoms with Crippen LogP contribution in [0.2, 0.25) is 5.02 Å². The molecule has 0 bridgehead atoms. The van der Waals surface area contributed by atoms with E-state index < -0.39 is 37.5 Å². The van der Waals surface area contributed by atoms with E-state index in [0.29, 0.717) is 5.69 Å². The minimum atomic E-state index is -4.33. The van der Waals surface area contributed by atoms with Crippen molar-refractivity contribution in [2.45, 2.75) is 9.79 Å². The second kappa shape index (κ2) is 9.45. The Balaban J connectivity index is 1.75. The van der Waals surface area contributed by atoms with Gasteiger partial charge in [0.1, 0.15) is 10.6 Å². The second-order valence-corrected chi connectivity index (χ2v) is 12.1. The first-order valence-electron chi connectivity index (χ1n) is 10.3. The molecule has 0 spiro atoms. The van der Waals surface area contributed by atoms with E-state index in [1.807, 2.05) is 0 Å². The van der Waals surface area contributed by atoms with Crippen LogP contribution in [0.4, 0.5) is 11.4 Å². The van der Waals surface area contributed by atoms with Gasteiger partial charge in [0.15, 0.2) is 9.84 Å². The van der Waals surface area contributed by atoms with Crippen LogP contribution in [0.15, 0.2) is 70.5 Å². The van der Waals surface area contributed by atoms with Crippen LogP contribution in [-0.4, -0.2) is 53.2 Å². The Labute approximate surface area is 212 Å². The maximum Gasteiger partial charge on any atom is 0.335 e. The third-order valence-corrected chi connectivity index (χ3v) is 9.28. The van der Waals surface area contributed by atoms with Crippen LogP contribution < -0.4 is 14.4 Å². The number of amides is 1. The predicted octanol–water partition coefficient (Wildman–Crippen LogP) is 3.28. The Kier molecular flexibility index (Phi) is 6.69. The molecular formula is C23H19ClN2O8S2. The topological polar surface area (TPSA) is 147 Å². The number of ether oxygens (including phenoxy) is 1. The highest BCUT2D eigenvalue weighted by Crippen LogP contribution is 2.38. The summed E-state index contributed by atoms with van der Waals surface area (Å²) in [5.41, 5.74) is 0.135. The number of fused-ring (bicyclic) bond motifs is 1. The van der Waals surface area contributed by atoms with Gasteiger partial charge in [-0.05, 0) is 60.7 Å². The lowest BCUT2D eigenvalue weighted by Gasteiger charge is -2.31. The van der Waals surface area contributed by atoms with Crippen molar-refractivity contribution in [3.8, 4) is 5.75 Å². The van der Waals surface area contributed by atoms with Crippen LogP contribution >= 0.6 is 11.6 Å². The molecule has 1 aliphatic rings. The number of carbonyl (C=O) groups excluding carboxylic acids is 1. The van der Waals surface area contributed by atoms with Gasteiger partial charge in [-0.15, -0.1) is 0 Å². The third-order valence-electron chi connectivity index (χ3n) is 5.47. The molecule has 0 aromatic heterocycles. The second-order valence-electron chi connectivity index (χ2n) is 7.71. The number of sulfonamides is 1. The van der Waals surface area contributed by atoms with Crippen LogP contribution in [0, 0.1) is 0 Å². The molecule has 0 atom stereocenters. The summed E-state index contributed by atoms with van der Waals surface area (Å²) in [6, 6.07) is 13.1. The number of rotatable bonds is 6. The Morgan fingerprint density at radius 3 is 2.33 bits per heavy atom. The number of carboxylic acid groups (broad SMARTS) is 1.